The van der Waals surface area contributed by atoms with Gasteiger partial charge in [0.25, 0.3) is 0 Å². The van der Waals surface area contributed by atoms with Crippen LogP contribution in [0.4, 0.5) is 0 Å². The smallest absolute Gasteiger partial charge is 0.317 e. The molecule has 0 aliphatic heterocycles. The molecule has 0 saturated carbocycles. The van der Waals surface area contributed by atoms with Crippen LogP contribution in [0.5, 0.6) is 0 Å². The van der Waals surface area contributed by atoms with Gasteiger partial charge >= 0.3 is 11.9 Å². The number of alkyl halides is 2. The van der Waals surface area contributed by atoms with Crippen molar-refractivity contribution in [1.29, 1.82) is 0 Å². The van der Waals surface area contributed by atoms with Crippen LogP contribution in [0.2, 0.25) is 0 Å². The van der Waals surface area contributed by atoms with Gasteiger partial charge in [0.15, 0.2) is 0 Å². The SMILES string of the molecule is O=C(CBr)OC1C=CC(OC(=O)CBr)C1. The Bertz CT molecular complexity index is 251. The van der Waals surface area contributed by atoms with Crippen molar-refractivity contribution >= 4 is 43.8 Å². The third-order valence-corrected chi connectivity index (χ3v) is 2.70. The summed E-state index contributed by atoms with van der Waals surface area (Å²) >= 11 is 6.00. The van der Waals surface area contributed by atoms with Gasteiger partial charge in [0.1, 0.15) is 22.9 Å². The van der Waals surface area contributed by atoms with Crippen LogP contribution in [-0.2, 0) is 19.1 Å². The van der Waals surface area contributed by atoms with Gasteiger partial charge in [-0.3, -0.25) is 9.59 Å². The fraction of sp³-hybridized carbons (Fsp3) is 0.556. The summed E-state index contributed by atoms with van der Waals surface area (Å²) in [6.07, 6.45) is 3.38. The summed E-state index contributed by atoms with van der Waals surface area (Å²) < 4.78 is 10.1. The first-order valence-electron chi connectivity index (χ1n) is 4.35. The molecule has 0 saturated heterocycles. The molecule has 2 unspecified atom stereocenters. The van der Waals surface area contributed by atoms with E-state index in [0.717, 1.165) is 0 Å². The molecule has 0 fully saturated rings. The standard InChI is InChI=1S/C9H10Br2O4/c10-4-8(12)14-6-1-2-7(3-6)15-9(13)5-11/h1-2,6-7H,3-5H2. The predicted molar refractivity (Wildman–Crippen MR) is 61.1 cm³/mol. The zero-order valence-corrected chi connectivity index (χ0v) is 11.0. The number of rotatable bonds is 4. The highest BCUT2D eigenvalue weighted by Gasteiger charge is 2.24. The maximum absolute atomic E-state index is 10.9. The third-order valence-electron chi connectivity index (χ3n) is 1.79. The van der Waals surface area contributed by atoms with Gasteiger partial charge in [-0.1, -0.05) is 31.9 Å². The van der Waals surface area contributed by atoms with Crippen LogP contribution < -0.4 is 0 Å². The molecule has 1 rings (SSSR count). The summed E-state index contributed by atoms with van der Waals surface area (Å²) in [5.74, 6) is -0.644. The Labute approximate surface area is 104 Å². The molecule has 0 N–H and O–H groups in total. The Kier molecular flexibility index (Phi) is 5.31. The molecule has 2 atom stereocenters. The highest BCUT2D eigenvalue weighted by molar-refractivity contribution is 9.09. The van der Waals surface area contributed by atoms with E-state index in [1.165, 1.54) is 0 Å². The summed E-state index contributed by atoms with van der Waals surface area (Å²) in [5.41, 5.74) is 0. The minimum Gasteiger partial charge on any atom is -0.457 e. The van der Waals surface area contributed by atoms with Crippen molar-refractivity contribution in [1.82, 2.24) is 0 Å². The summed E-state index contributed by atoms with van der Waals surface area (Å²) in [5, 5.41) is 0.340. The van der Waals surface area contributed by atoms with E-state index < -0.39 is 0 Å². The van der Waals surface area contributed by atoms with Crippen LogP contribution in [0.3, 0.4) is 0 Å². The number of carbonyl (C=O) groups is 2. The Morgan fingerprint density at radius 1 is 1.07 bits per heavy atom. The van der Waals surface area contributed by atoms with Gasteiger partial charge in [0.2, 0.25) is 0 Å². The van der Waals surface area contributed by atoms with Crippen LogP contribution in [0, 0.1) is 0 Å². The first-order chi connectivity index (χ1) is 7.15. The predicted octanol–water partition coefficient (Wildman–Crippen LogP) is 1.56. The molecule has 1 aliphatic rings. The Morgan fingerprint density at radius 3 is 1.80 bits per heavy atom. The first kappa shape index (κ1) is 12.7. The summed E-state index contributed by atoms with van der Waals surface area (Å²) in [7, 11) is 0. The van der Waals surface area contributed by atoms with Gasteiger partial charge < -0.3 is 9.47 Å². The van der Waals surface area contributed by atoms with E-state index in [-0.39, 0.29) is 34.8 Å². The van der Waals surface area contributed by atoms with Gasteiger partial charge in [-0.25, -0.2) is 0 Å². The molecule has 15 heavy (non-hydrogen) atoms. The van der Waals surface area contributed by atoms with Gasteiger partial charge in [-0.2, -0.15) is 0 Å². The Hall–Kier alpha value is -0.360. The van der Waals surface area contributed by atoms with E-state index in [0.29, 0.717) is 6.42 Å². The summed E-state index contributed by atoms with van der Waals surface area (Å²) in [6.45, 7) is 0. The lowest BCUT2D eigenvalue weighted by molar-refractivity contribution is -0.146. The number of ether oxygens (including phenoxy) is 2. The van der Waals surface area contributed by atoms with E-state index in [1.807, 2.05) is 0 Å². The minimum absolute atomic E-state index is 0.170. The number of hydrogen-bond donors (Lipinski definition) is 0. The normalized spacial score (nSPS) is 23.9. The lowest BCUT2D eigenvalue weighted by atomic mass is 10.3. The van der Waals surface area contributed by atoms with Crippen molar-refractivity contribution < 1.29 is 19.1 Å². The van der Waals surface area contributed by atoms with E-state index in [9.17, 15) is 9.59 Å². The second-order valence-corrected chi connectivity index (χ2v) is 4.07. The third kappa shape index (κ3) is 4.34. The van der Waals surface area contributed by atoms with Crippen LogP contribution in [-0.4, -0.2) is 34.8 Å². The lowest BCUT2D eigenvalue weighted by Crippen LogP contribution is -2.20. The number of esters is 2. The van der Waals surface area contributed by atoms with Crippen LogP contribution in [0.25, 0.3) is 0 Å². The van der Waals surface area contributed by atoms with E-state index >= 15 is 0 Å². The number of carbonyl (C=O) groups excluding carboxylic acids is 2. The molecular weight excluding hydrogens is 332 g/mol. The molecule has 0 aromatic rings. The molecule has 0 radical (unpaired) electrons. The monoisotopic (exact) mass is 340 g/mol. The van der Waals surface area contributed by atoms with Crippen molar-refractivity contribution in [3.63, 3.8) is 0 Å². The average molecular weight is 342 g/mol. The Balaban J connectivity index is 2.31. The highest BCUT2D eigenvalue weighted by atomic mass is 79.9. The van der Waals surface area contributed by atoms with Crippen molar-refractivity contribution in [2.45, 2.75) is 18.6 Å². The van der Waals surface area contributed by atoms with Crippen LogP contribution >= 0.6 is 31.9 Å². The van der Waals surface area contributed by atoms with Crippen LogP contribution in [0.1, 0.15) is 6.42 Å². The maximum Gasteiger partial charge on any atom is 0.317 e. The molecule has 84 valence electrons. The Morgan fingerprint density at radius 2 is 1.47 bits per heavy atom. The van der Waals surface area contributed by atoms with Crippen LogP contribution in [0.15, 0.2) is 12.2 Å². The number of halogens is 2. The lowest BCUT2D eigenvalue weighted by Gasteiger charge is -2.12. The van der Waals surface area contributed by atoms with Gasteiger partial charge in [-0.05, 0) is 12.2 Å². The zero-order chi connectivity index (χ0) is 11.3. The molecule has 4 nitrogen and oxygen atoms in total. The highest BCUT2D eigenvalue weighted by Crippen LogP contribution is 2.18. The van der Waals surface area contributed by atoms with Gasteiger partial charge in [0, 0.05) is 6.42 Å². The molecule has 0 aromatic carbocycles. The van der Waals surface area contributed by atoms with Crippen molar-refractivity contribution in [3.05, 3.63) is 12.2 Å². The first-order valence-corrected chi connectivity index (χ1v) is 6.59. The fourth-order valence-corrected chi connectivity index (χ4v) is 1.47. The molecule has 0 spiro atoms. The average Bonchev–Trinajstić information content (AvgIpc) is 2.65. The van der Waals surface area contributed by atoms with E-state index in [4.69, 9.17) is 9.47 Å². The largest absolute Gasteiger partial charge is 0.457 e. The molecule has 6 heteroatoms. The molecule has 1 aliphatic carbocycles. The quantitative estimate of drug-likeness (QED) is 0.442. The van der Waals surface area contributed by atoms with E-state index in [1.54, 1.807) is 12.2 Å². The minimum atomic E-state index is -0.322. The van der Waals surface area contributed by atoms with E-state index in [2.05, 4.69) is 31.9 Å². The van der Waals surface area contributed by atoms with Crippen molar-refractivity contribution in [3.8, 4) is 0 Å². The number of hydrogen-bond acceptors (Lipinski definition) is 4. The van der Waals surface area contributed by atoms with Crippen molar-refractivity contribution in [2.24, 2.45) is 0 Å². The fourth-order valence-electron chi connectivity index (χ4n) is 1.21. The molecular formula is C9H10Br2O4. The maximum atomic E-state index is 10.9. The topological polar surface area (TPSA) is 52.6 Å². The molecule has 0 aromatic heterocycles. The zero-order valence-electron chi connectivity index (χ0n) is 7.82. The van der Waals surface area contributed by atoms with Crippen molar-refractivity contribution in [2.75, 3.05) is 10.7 Å². The molecule has 0 heterocycles. The second-order valence-electron chi connectivity index (χ2n) is 2.94. The second kappa shape index (κ2) is 6.27. The molecule has 0 amide bonds. The van der Waals surface area contributed by atoms with Gasteiger partial charge in [-0.15, -0.1) is 0 Å². The summed E-state index contributed by atoms with van der Waals surface area (Å²) in [6, 6.07) is 0. The summed E-state index contributed by atoms with van der Waals surface area (Å²) in [4.78, 5) is 21.9. The van der Waals surface area contributed by atoms with Gasteiger partial charge in [0.05, 0.1) is 0 Å². The molecule has 0 bridgehead atoms.